The van der Waals surface area contributed by atoms with Crippen LogP contribution in [0.25, 0.3) is 21.3 Å². The van der Waals surface area contributed by atoms with Crippen molar-refractivity contribution in [3.05, 3.63) is 94.4 Å². The fourth-order valence-corrected chi connectivity index (χ4v) is 5.66. The normalized spacial score (nSPS) is 13.3. The molecule has 7 heteroatoms. The molecule has 1 aliphatic heterocycles. The molecule has 160 valence electrons. The van der Waals surface area contributed by atoms with Crippen molar-refractivity contribution in [3.63, 3.8) is 0 Å². The Hall–Kier alpha value is -3.16. The first-order valence-electron chi connectivity index (χ1n) is 10.3. The molecule has 0 fully saturated rings. The predicted octanol–water partition coefficient (Wildman–Crippen LogP) is 4.83. The molecule has 3 heterocycles. The number of fused-ring (bicyclic) bond motifs is 1. The van der Waals surface area contributed by atoms with E-state index in [-0.39, 0.29) is 18.0 Å². The summed E-state index contributed by atoms with van der Waals surface area (Å²) in [6, 6.07) is 19.4. The standard InChI is InChI=1S/C25H21N3O2S2/c29-22(28(13-18-11-12-31-15-18)20-9-5-2-6-10-20)14-27-17-26-24-23(25(27)30)21(16-32-24)19-7-3-1-4-8-19/h1-11,16-17H,12-15H2. The highest BCUT2D eigenvalue weighted by Gasteiger charge is 2.21. The molecular weight excluding hydrogens is 438 g/mol. The van der Waals surface area contributed by atoms with E-state index in [1.165, 1.54) is 27.8 Å². The van der Waals surface area contributed by atoms with Gasteiger partial charge in [-0.3, -0.25) is 14.2 Å². The van der Waals surface area contributed by atoms with Crippen LogP contribution in [0.15, 0.2) is 88.8 Å². The quantitative estimate of drug-likeness (QED) is 0.388. The topological polar surface area (TPSA) is 55.2 Å². The number of aromatic nitrogens is 2. The first-order valence-corrected chi connectivity index (χ1v) is 12.4. The lowest BCUT2D eigenvalue weighted by Crippen LogP contribution is -2.38. The molecule has 2 aromatic carbocycles. The van der Waals surface area contributed by atoms with Gasteiger partial charge in [0.05, 0.1) is 11.7 Å². The molecule has 0 atom stereocenters. The van der Waals surface area contributed by atoms with E-state index in [0.29, 0.717) is 16.8 Å². The molecule has 0 saturated heterocycles. The van der Waals surface area contributed by atoms with Gasteiger partial charge in [-0.05, 0) is 23.3 Å². The lowest BCUT2D eigenvalue weighted by Gasteiger charge is -2.24. The van der Waals surface area contributed by atoms with Gasteiger partial charge in [0, 0.05) is 34.7 Å². The highest BCUT2D eigenvalue weighted by molar-refractivity contribution is 7.99. The molecule has 0 saturated carbocycles. The number of hydrogen-bond acceptors (Lipinski definition) is 5. The van der Waals surface area contributed by atoms with Gasteiger partial charge < -0.3 is 4.90 Å². The molecule has 0 unspecified atom stereocenters. The first-order chi connectivity index (χ1) is 15.7. The van der Waals surface area contributed by atoms with Crippen molar-refractivity contribution in [1.29, 1.82) is 0 Å². The molecule has 1 aliphatic rings. The van der Waals surface area contributed by atoms with Gasteiger partial charge in [0.2, 0.25) is 5.91 Å². The van der Waals surface area contributed by atoms with Crippen LogP contribution in [0.3, 0.4) is 0 Å². The molecule has 5 nitrogen and oxygen atoms in total. The highest BCUT2D eigenvalue weighted by Crippen LogP contribution is 2.30. The summed E-state index contributed by atoms with van der Waals surface area (Å²) >= 11 is 3.29. The third-order valence-electron chi connectivity index (χ3n) is 5.46. The molecule has 0 aliphatic carbocycles. The van der Waals surface area contributed by atoms with Crippen LogP contribution < -0.4 is 10.5 Å². The Bertz CT molecular complexity index is 1340. The van der Waals surface area contributed by atoms with Gasteiger partial charge in [0.15, 0.2) is 0 Å². The third kappa shape index (κ3) is 4.13. The van der Waals surface area contributed by atoms with Gasteiger partial charge in [-0.25, -0.2) is 4.98 Å². The number of nitrogens with zero attached hydrogens (tertiary/aromatic N) is 3. The Labute approximate surface area is 194 Å². The fourth-order valence-electron chi connectivity index (χ4n) is 3.81. The second-order valence-corrected chi connectivity index (χ2v) is 9.45. The average Bonchev–Trinajstić information content (AvgIpc) is 3.51. The largest absolute Gasteiger partial charge is 0.307 e. The molecule has 4 aromatic rings. The van der Waals surface area contributed by atoms with Crippen molar-refractivity contribution in [2.24, 2.45) is 0 Å². The van der Waals surface area contributed by atoms with Gasteiger partial charge in [-0.2, -0.15) is 11.8 Å². The Morgan fingerprint density at radius 3 is 2.53 bits per heavy atom. The maximum atomic E-state index is 13.4. The first kappa shape index (κ1) is 20.7. The van der Waals surface area contributed by atoms with Crippen LogP contribution >= 0.6 is 23.1 Å². The summed E-state index contributed by atoms with van der Waals surface area (Å²) in [5.41, 5.74) is 3.71. The number of hydrogen-bond donors (Lipinski definition) is 0. The van der Waals surface area contributed by atoms with Crippen molar-refractivity contribution in [1.82, 2.24) is 9.55 Å². The minimum atomic E-state index is -0.188. The second-order valence-electron chi connectivity index (χ2n) is 7.57. The van der Waals surface area contributed by atoms with Crippen molar-refractivity contribution in [2.75, 3.05) is 23.0 Å². The smallest absolute Gasteiger partial charge is 0.263 e. The zero-order chi connectivity index (χ0) is 21.9. The highest BCUT2D eigenvalue weighted by atomic mass is 32.2. The molecule has 2 aromatic heterocycles. The Morgan fingerprint density at radius 2 is 1.81 bits per heavy atom. The van der Waals surface area contributed by atoms with E-state index in [4.69, 9.17) is 0 Å². The average molecular weight is 460 g/mol. The van der Waals surface area contributed by atoms with E-state index in [0.717, 1.165) is 28.3 Å². The molecule has 0 N–H and O–H groups in total. The number of carbonyl (C=O) groups is 1. The van der Waals surface area contributed by atoms with Crippen LogP contribution in [0.1, 0.15) is 0 Å². The zero-order valence-corrected chi connectivity index (χ0v) is 18.9. The molecule has 5 rings (SSSR count). The zero-order valence-electron chi connectivity index (χ0n) is 17.3. The number of thiophene rings is 1. The predicted molar refractivity (Wildman–Crippen MR) is 134 cm³/mol. The summed E-state index contributed by atoms with van der Waals surface area (Å²) in [6.07, 6.45) is 3.67. The van der Waals surface area contributed by atoms with Crippen LogP contribution in [-0.2, 0) is 11.3 Å². The number of rotatable bonds is 6. The second kappa shape index (κ2) is 9.14. The maximum absolute atomic E-state index is 13.4. The van der Waals surface area contributed by atoms with Crippen LogP contribution in [0.4, 0.5) is 5.69 Å². The van der Waals surface area contributed by atoms with Gasteiger partial charge in [-0.1, -0.05) is 54.6 Å². The molecule has 0 bridgehead atoms. The van der Waals surface area contributed by atoms with E-state index >= 15 is 0 Å². The number of para-hydroxylation sites is 1. The van der Waals surface area contributed by atoms with E-state index in [1.54, 1.807) is 4.90 Å². The lowest BCUT2D eigenvalue weighted by atomic mass is 10.1. The van der Waals surface area contributed by atoms with Crippen LogP contribution in [0, 0.1) is 0 Å². The van der Waals surface area contributed by atoms with E-state index in [2.05, 4.69) is 11.1 Å². The van der Waals surface area contributed by atoms with Gasteiger partial charge in [0.25, 0.3) is 5.56 Å². The number of amides is 1. The van der Waals surface area contributed by atoms with Crippen LogP contribution in [0.5, 0.6) is 0 Å². The minimum Gasteiger partial charge on any atom is -0.307 e. The lowest BCUT2D eigenvalue weighted by molar-refractivity contribution is -0.119. The Balaban J connectivity index is 1.49. The SMILES string of the molecule is O=C(Cn1cnc2scc(-c3ccccc3)c2c1=O)N(CC1=CCSC1)c1ccccc1. The van der Waals surface area contributed by atoms with E-state index < -0.39 is 0 Å². The number of benzene rings is 2. The maximum Gasteiger partial charge on any atom is 0.263 e. The van der Waals surface area contributed by atoms with Crippen LogP contribution in [-0.4, -0.2) is 33.5 Å². The summed E-state index contributed by atoms with van der Waals surface area (Å²) in [5.74, 6) is 1.78. The third-order valence-corrected chi connectivity index (χ3v) is 7.32. The Kier molecular flexibility index (Phi) is 5.92. The van der Waals surface area contributed by atoms with Crippen molar-refractivity contribution < 1.29 is 4.79 Å². The monoisotopic (exact) mass is 459 g/mol. The number of anilines is 1. The number of carbonyl (C=O) groups excluding carboxylic acids is 1. The minimum absolute atomic E-state index is 0.0544. The molecule has 1 amide bonds. The van der Waals surface area contributed by atoms with Crippen molar-refractivity contribution in [3.8, 4) is 11.1 Å². The summed E-state index contributed by atoms with van der Waals surface area (Å²) < 4.78 is 1.43. The molecule has 0 spiro atoms. The molecule has 0 radical (unpaired) electrons. The summed E-state index contributed by atoms with van der Waals surface area (Å²) in [7, 11) is 0. The Morgan fingerprint density at radius 1 is 1.06 bits per heavy atom. The fraction of sp³-hybridized carbons (Fsp3) is 0.160. The van der Waals surface area contributed by atoms with E-state index in [9.17, 15) is 9.59 Å². The molecule has 32 heavy (non-hydrogen) atoms. The van der Waals surface area contributed by atoms with Gasteiger partial charge in [0.1, 0.15) is 11.4 Å². The summed E-state index contributed by atoms with van der Waals surface area (Å²) in [5, 5.41) is 2.53. The van der Waals surface area contributed by atoms with Gasteiger partial charge >= 0.3 is 0 Å². The summed E-state index contributed by atoms with van der Waals surface area (Å²) in [6.45, 7) is 0.481. The van der Waals surface area contributed by atoms with Crippen molar-refractivity contribution >= 4 is 44.9 Å². The number of thioether (sulfide) groups is 1. The van der Waals surface area contributed by atoms with Crippen LogP contribution in [0.2, 0.25) is 0 Å². The van der Waals surface area contributed by atoms with E-state index in [1.807, 2.05) is 77.8 Å². The summed E-state index contributed by atoms with van der Waals surface area (Å²) in [4.78, 5) is 33.7. The van der Waals surface area contributed by atoms with Crippen molar-refractivity contribution in [2.45, 2.75) is 6.54 Å². The van der Waals surface area contributed by atoms with Gasteiger partial charge in [-0.15, -0.1) is 11.3 Å². The molecular formula is C25H21N3O2S2.